The average molecular weight is 390 g/mol. The van der Waals surface area contributed by atoms with Crippen LogP contribution in [0.4, 0.5) is 5.69 Å². The molecule has 1 heterocycles. The summed E-state index contributed by atoms with van der Waals surface area (Å²) in [4.78, 5) is 4.83. The molecule has 1 aliphatic rings. The summed E-state index contributed by atoms with van der Waals surface area (Å²) >= 11 is 6.02. The van der Waals surface area contributed by atoms with Gasteiger partial charge in [0.25, 0.3) is 0 Å². The molecule has 5 heteroatoms. The molecule has 4 rings (SSSR count). The van der Waals surface area contributed by atoms with Crippen molar-refractivity contribution in [2.45, 2.75) is 13.8 Å². The molecule has 0 bridgehead atoms. The first-order valence-electron chi connectivity index (χ1n) is 9.16. The van der Waals surface area contributed by atoms with Gasteiger partial charge in [-0.1, -0.05) is 23.2 Å². The van der Waals surface area contributed by atoms with Gasteiger partial charge in [-0.15, -0.1) is 0 Å². The number of nitrogens with zero attached hydrogens (tertiary/aromatic N) is 2. The second-order valence-electron chi connectivity index (χ2n) is 6.52. The zero-order chi connectivity index (χ0) is 19.5. The fourth-order valence-electron chi connectivity index (χ4n) is 3.08. The smallest absolute Gasteiger partial charge is 0.154 e. The number of hydrogen-bond acceptors (Lipinski definition) is 4. The topological polar surface area (TPSA) is 46.0 Å². The highest BCUT2D eigenvalue weighted by Crippen LogP contribution is 2.27. The van der Waals surface area contributed by atoms with Crippen LogP contribution in [0.2, 0.25) is 5.02 Å². The van der Waals surface area contributed by atoms with Crippen LogP contribution in [0.3, 0.4) is 0 Å². The minimum Gasteiger partial charge on any atom is -0.494 e. The van der Waals surface area contributed by atoms with Crippen molar-refractivity contribution in [1.82, 2.24) is 5.43 Å². The normalized spacial score (nSPS) is 13.0. The molecule has 140 valence electrons. The number of aryl methyl sites for hydroxylation is 1. The van der Waals surface area contributed by atoms with Gasteiger partial charge < -0.3 is 4.74 Å². The van der Waals surface area contributed by atoms with E-state index in [9.17, 15) is 0 Å². The molecule has 28 heavy (non-hydrogen) atoms. The Kier molecular flexibility index (Phi) is 5.13. The van der Waals surface area contributed by atoms with Crippen molar-refractivity contribution in [3.05, 3.63) is 94.0 Å². The highest BCUT2D eigenvalue weighted by molar-refractivity contribution is 6.30. The van der Waals surface area contributed by atoms with Gasteiger partial charge in [0.2, 0.25) is 0 Å². The van der Waals surface area contributed by atoms with Crippen molar-refractivity contribution >= 4 is 28.8 Å². The molecule has 0 saturated carbocycles. The summed E-state index contributed by atoms with van der Waals surface area (Å²) < 4.78 is 5.56. The molecule has 0 spiro atoms. The fraction of sp³-hybridized carbons (Fsp3) is 0.130. The number of rotatable bonds is 4. The minimum absolute atomic E-state index is 0.641. The van der Waals surface area contributed by atoms with E-state index in [1.54, 1.807) is 0 Å². The maximum atomic E-state index is 6.02. The summed E-state index contributed by atoms with van der Waals surface area (Å²) in [6.45, 7) is 4.68. The van der Waals surface area contributed by atoms with E-state index >= 15 is 0 Å². The number of nitrogens with one attached hydrogen (secondary N) is 1. The predicted octanol–water partition coefficient (Wildman–Crippen LogP) is 5.48. The molecule has 0 amide bonds. The van der Waals surface area contributed by atoms with E-state index in [4.69, 9.17) is 26.4 Å². The summed E-state index contributed by atoms with van der Waals surface area (Å²) in [5.74, 6) is 1.53. The van der Waals surface area contributed by atoms with Gasteiger partial charge in [0.05, 0.1) is 18.0 Å². The third kappa shape index (κ3) is 3.78. The van der Waals surface area contributed by atoms with E-state index < -0.39 is 0 Å². The lowest BCUT2D eigenvalue weighted by atomic mass is 9.99. The quantitative estimate of drug-likeness (QED) is 0.642. The van der Waals surface area contributed by atoms with Crippen LogP contribution in [-0.2, 0) is 0 Å². The zero-order valence-electron chi connectivity index (χ0n) is 15.7. The van der Waals surface area contributed by atoms with Gasteiger partial charge in [-0.3, -0.25) is 5.43 Å². The van der Waals surface area contributed by atoms with Crippen molar-refractivity contribution < 1.29 is 4.74 Å². The number of aliphatic imine (C=N–C) groups is 1. The Bertz CT molecular complexity index is 1050. The first-order chi connectivity index (χ1) is 13.6. The number of hydrazone groups is 1. The van der Waals surface area contributed by atoms with Crippen LogP contribution < -0.4 is 10.2 Å². The highest BCUT2D eigenvalue weighted by Gasteiger charge is 2.17. The molecule has 1 aliphatic heterocycles. The lowest BCUT2D eigenvalue weighted by molar-refractivity contribution is 0.340. The summed E-state index contributed by atoms with van der Waals surface area (Å²) in [5, 5.41) is 5.38. The van der Waals surface area contributed by atoms with Crippen molar-refractivity contribution in [2.75, 3.05) is 6.61 Å². The van der Waals surface area contributed by atoms with Crippen LogP contribution in [0.25, 0.3) is 0 Å². The molecule has 0 fully saturated rings. The van der Waals surface area contributed by atoms with E-state index in [2.05, 4.69) is 24.5 Å². The monoisotopic (exact) mass is 389 g/mol. The Labute approximate surface area is 169 Å². The van der Waals surface area contributed by atoms with Gasteiger partial charge in [-0.2, -0.15) is 5.10 Å². The maximum absolute atomic E-state index is 6.02. The van der Waals surface area contributed by atoms with Gasteiger partial charge in [0, 0.05) is 21.7 Å². The standard InChI is InChI=1S/C23H20ClN3O/c1-3-28-19-11-7-16(8-12-19)22-20-14-15(2)4-13-21(20)25-23(27-26-22)17-5-9-18(24)10-6-17/h4-14H,3H2,1-2H3,(H,25,27). The molecule has 4 nitrogen and oxygen atoms in total. The molecular formula is C23H20ClN3O. The molecule has 0 unspecified atom stereocenters. The van der Waals surface area contributed by atoms with E-state index in [1.807, 2.05) is 61.5 Å². The molecule has 1 N–H and O–H groups in total. The minimum atomic E-state index is 0.641. The molecule has 0 aromatic heterocycles. The summed E-state index contributed by atoms with van der Waals surface area (Å²) in [6, 6.07) is 21.7. The van der Waals surface area contributed by atoms with Gasteiger partial charge >= 0.3 is 0 Å². The van der Waals surface area contributed by atoms with Crippen LogP contribution in [0.5, 0.6) is 5.75 Å². The fourth-order valence-corrected chi connectivity index (χ4v) is 3.21. The van der Waals surface area contributed by atoms with Crippen molar-refractivity contribution in [3.63, 3.8) is 0 Å². The van der Waals surface area contributed by atoms with Crippen LogP contribution in [0.1, 0.15) is 29.2 Å². The third-order valence-electron chi connectivity index (χ3n) is 4.47. The Hall–Kier alpha value is -3.11. The summed E-state index contributed by atoms with van der Waals surface area (Å²) in [7, 11) is 0. The molecule has 0 radical (unpaired) electrons. The van der Waals surface area contributed by atoms with E-state index in [-0.39, 0.29) is 0 Å². The van der Waals surface area contributed by atoms with E-state index in [1.165, 1.54) is 0 Å². The van der Waals surface area contributed by atoms with Gasteiger partial charge in [-0.05, 0) is 74.5 Å². The number of ether oxygens (including phenoxy) is 1. The SMILES string of the molecule is CCOc1ccc(C2=NNC(c3ccc(Cl)cc3)=Nc3ccc(C)cc32)cc1. The van der Waals surface area contributed by atoms with Crippen LogP contribution in [0, 0.1) is 6.92 Å². The second-order valence-corrected chi connectivity index (χ2v) is 6.95. The number of benzene rings is 3. The predicted molar refractivity (Wildman–Crippen MR) is 115 cm³/mol. The Balaban J connectivity index is 1.79. The number of fused-ring (bicyclic) bond motifs is 1. The average Bonchev–Trinajstić information content (AvgIpc) is 2.89. The van der Waals surface area contributed by atoms with E-state index in [0.29, 0.717) is 17.5 Å². The Morgan fingerprint density at radius 1 is 0.929 bits per heavy atom. The zero-order valence-corrected chi connectivity index (χ0v) is 16.5. The van der Waals surface area contributed by atoms with E-state index in [0.717, 1.165) is 39.4 Å². The lowest BCUT2D eigenvalue weighted by Crippen LogP contribution is -2.19. The lowest BCUT2D eigenvalue weighted by Gasteiger charge is -2.10. The van der Waals surface area contributed by atoms with Gasteiger partial charge in [-0.25, -0.2) is 4.99 Å². The van der Waals surface area contributed by atoms with Crippen LogP contribution >= 0.6 is 11.6 Å². The molecule has 0 saturated heterocycles. The van der Waals surface area contributed by atoms with Crippen molar-refractivity contribution in [2.24, 2.45) is 10.1 Å². The largest absolute Gasteiger partial charge is 0.494 e. The van der Waals surface area contributed by atoms with Gasteiger partial charge in [0.15, 0.2) is 5.84 Å². The third-order valence-corrected chi connectivity index (χ3v) is 4.72. The molecule has 3 aromatic rings. The maximum Gasteiger partial charge on any atom is 0.154 e. The van der Waals surface area contributed by atoms with Crippen LogP contribution in [-0.4, -0.2) is 18.2 Å². The van der Waals surface area contributed by atoms with Crippen molar-refractivity contribution in [1.29, 1.82) is 0 Å². The molecular weight excluding hydrogens is 370 g/mol. The van der Waals surface area contributed by atoms with Crippen LogP contribution in [0.15, 0.2) is 76.8 Å². The van der Waals surface area contributed by atoms with Crippen molar-refractivity contribution in [3.8, 4) is 5.75 Å². The summed E-state index contributed by atoms with van der Waals surface area (Å²) in [6.07, 6.45) is 0. The van der Waals surface area contributed by atoms with Gasteiger partial charge in [0.1, 0.15) is 5.75 Å². The summed E-state index contributed by atoms with van der Waals surface area (Å²) in [5.41, 5.74) is 8.91. The number of halogens is 1. The Morgan fingerprint density at radius 2 is 1.64 bits per heavy atom. The molecule has 0 aliphatic carbocycles. The highest BCUT2D eigenvalue weighted by atomic mass is 35.5. The first kappa shape index (κ1) is 18.3. The molecule has 0 atom stereocenters. The second kappa shape index (κ2) is 7.87. The Morgan fingerprint density at radius 3 is 2.36 bits per heavy atom. The number of hydrogen-bond donors (Lipinski definition) is 1. The first-order valence-corrected chi connectivity index (χ1v) is 9.54. The molecule has 3 aromatic carbocycles. The number of amidine groups is 1.